The highest BCUT2D eigenvalue weighted by molar-refractivity contribution is 9.10. The first-order valence-electron chi connectivity index (χ1n) is 6.76. The Kier molecular flexibility index (Phi) is 5.01. The van der Waals surface area contributed by atoms with Crippen LogP contribution in [-0.2, 0) is 0 Å². The van der Waals surface area contributed by atoms with Crippen LogP contribution in [0.3, 0.4) is 0 Å². The van der Waals surface area contributed by atoms with Crippen molar-refractivity contribution in [3.63, 3.8) is 0 Å². The maximum absolute atomic E-state index is 5.99. The van der Waals surface area contributed by atoms with Crippen LogP contribution in [0.2, 0.25) is 0 Å². The van der Waals surface area contributed by atoms with Gasteiger partial charge < -0.3 is 10.1 Å². The zero-order valence-corrected chi connectivity index (χ0v) is 13.6. The highest BCUT2D eigenvalue weighted by atomic mass is 79.9. The van der Waals surface area contributed by atoms with E-state index in [1.807, 2.05) is 18.2 Å². The first-order chi connectivity index (χ1) is 9.60. The number of ether oxygens (including phenoxy) is 1. The lowest BCUT2D eigenvalue weighted by Crippen LogP contribution is -1.98. The van der Waals surface area contributed by atoms with Crippen LogP contribution >= 0.6 is 15.9 Å². The molecule has 20 heavy (non-hydrogen) atoms. The van der Waals surface area contributed by atoms with Gasteiger partial charge in [0.15, 0.2) is 0 Å². The number of nitrogens with one attached hydrogen (secondary N) is 1. The van der Waals surface area contributed by atoms with Gasteiger partial charge in [0.25, 0.3) is 0 Å². The molecule has 0 spiro atoms. The molecule has 0 aliphatic heterocycles. The van der Waals surface area contributed by atoms with Crippen molar-refractivity contribution in [2.45, 2.75) is 26.7 Å². The van der Waals surface area contributed by atoms with Crippen molar-refractivity contribution in [2.24, 2.45) is 0 Å². The fourth-order valence-electron chi connectivity index (χ4n) is 1.97. The predicted octanol–water partition coefficient (Wildman–Crippen LogP) is 5.19. The van der Waals surface area contributed by atoms with Gasteiger partial charge in [0.1, 0.15) is 11.5 Å². The van der Waals surface area contributed by atoms with E-state index in [0.717, 1.165) is 28.2 Å². The minimum atomic E-state index is 0.396. The number of anilines is 1. The average molecular weight is 335 g/mol. The second-order valence-electron chi connectivity index (χ2n) is 4.88. The molecule has 0 saturated heterocycles. The van der Waals surface area contributed by atoms with E-state index in [-0.39, 0.29) is 0 Å². The molecule has 4 heteroatoms. The molecule has 0 radical (unpaired) electrons. The van der Waals surface area contributed by atoms with E-state index in [9.17, 15) is 0 Å². The highest BCUT2D eigenvalue weighted by Gasteiger charge is 2.10. The molecular weight excluding hydrogens is 316 g/mol. The molecule has 0 aliphatic carbocycles. The number of rotatable bonds is 5. The van der Waals surface area contributed by atoms with Gasteiger partial charge in [-0.05, 0) is 36.6 Å². The third-order valence-electron chi connectivity index (χ3n) is 2.92. The molecule has 0 bridgehead atoms. The van der Waals surface area contributed by atoms with Crippen LogP contribution in [0.5, 0.6) is 11.5 Å². The number of aromatic nitrogens is 1. The minimum Gasteiger partial charge on any atom is -0.455 e. The molecule has 0 fully saturated rings. The number of nitrogens with zero attached hydrogens (tertiary/aromatic N) is 1. The topological polar surface area (TPSA) is 34.2 Å². The monoisotopic (exact) mass is 334 g/mol. The number of benzene rings is 1. The van der Waals surface area contributed by atoms with Gasteiger partial charge >= 0.3 is 0 Å². The second kappa shape index (κ2) is 6.75. The lowest BCUT2D eigenvalue weighted by atomic mass is 10.0. The Morgan fingerprint density at radius 1 is 1.25 bits per heavy atom. The first-order valence-corrected chi connectivity index (χ1v) is 7.55. The van der Waals surface area contributed by atoms with E-state index < -0.39 is 0 Å². The van der Waals surface area contributed by atoms with E-state index >= 15 is 0 Å². The molecule has 0 amide bonds. The Morgan fingerprint density at radius 3 is 2.75 bits per heavy atom. The number of pyridine rings is 1. The Balaban J connectivity index is 2.27. The maximum atomic E-state index is 5.99. The van der Waals surface area contributed by atoms with E-state index in [1.54, 1.807) is 12.4 Å². The zero-order chi connectivity index (χ0) is 14.5. The Labute approximate surface area is 128 Å². The third kappa shape index (κ3) is 3.73. The standard InChI is InChI=1S/C16H19BrN2O/c1-4-19-13-8-14(10-18-9-13)20-16-6-5-12(17)7-15(16)11(2)3/h5-11,19H,4H2,1-3H3. The highest BCUT2D eigenvalue weighted by Crippen LogP contribution is 2.33. The summed E-state index contributed by atoms with van der Waals surface area (Å²) in [6.45, 7) is 7.23. The fourth-order valence-corrected chi connectivity index (χ4v) is 2.34. The van der Waals surface area contributed by atoms with Crippen LogP contribution in [0.4, 0.5) is 5.69 Å². The quantitative estimate of drug-likeness (QED) is 0.816. The first kappa shape index (κ1) is 14.9. The summed E-state index contributed by atoms with van der Waals surface area (Å²) < 4.78 is 7.05. The van der Waals surface area contributed by atoms with Crippen LogP contribution in [0.1, 0.15) is 32.3 Å². The summed E-state index contributed by atoms with van der Waals surface area (Å²) >= 11 is 3.50. The van der Waals surface area contributed by atoms with Crippen molar-refractivity contribution < 1.29 is 4.74 Å². The lowest BCUT2D eigenvalue weighted by Gasteiger charge is -2.14. The molecule has 3 nitrogen and oxygen atoms in total. The van der Waals surface area contributed by atoms with Crippen molar-refractivity contribution in [2.75, 3.05) is 11.9 Å². The Morgan fingerprint density at radius 2 is 2.05 bits per heavy atom. The summed E-state index contributed by atoms with van der Waals surface area (Å²) in [5.74, 6) is 2.01. The molecule has 0 atom stereocenters. The van der Waals surface area contributed by atoms with Crippen LogP contribution in [-0.4, -0.2) is 11.5 Å². The predicted molar refractivity (Wildman–Crippen MR) is 86.7 cm³/mol. The summed E-state index contributed by atoms with van der Waals surface area (Å²) in [4.78, 5) is 4.19. The molecule has 1 N–H and O–H groups in total. The normalized spacial score (nSPS) is 10.7. The Bertz CT molecular complexity index is 584. The zero-order valence-electron chi connectivity index (χ0n) is 12.0. The summed E-state index contributed by atoms with van der Waals surface area (Å²) in [5.41, 5.74) is 2.14. The molecule has 0 unspecified atom stereocenters. The average Bonchev–Trinajstić information content (AvgIpc) is 2.41. The molecule has 1 heterocycles. The van der Waals surface area contributed by atoms with Gasteiger partial charge in [0.2, 0.25) is 0 Å². The van der Waals surface area contributed by atoms with Crippen molar-refractivity contribution in [3.05, 3.63) is 46.7 Å². The van der Waals surface area contributed by atoms with Crippen molar-refractivity contribution in [1.29, 1.82) is 0 Å². The minimum absolute atomic E-state index is 0.396. The molecule has 0 aliphatic rings. The van der Waals surface area contributed by atoms with Gasteiger partial charge in [-0.15, -0.1) is 0 Å². The summed E-state index contributed by atoms with van der Waals surface area (Å²) in [7, 11) is 0. The van der Waals surface area contributed by atoms with Crippen molar-refractivity contribution in [3.8, 4) is 11.5 Å². The largest absolute Gasteiger partial charge is 0.455 e. The van der Waals surface area contributed by atoms with Crippen LogP contribution < -0.4 is 10.1 Å². The van der Waals surface area contributed by atoms with E-state index in [2.05, 4.69) is 53.1 Å². The van der Waals surface area contributed by atoms with Gasteiger partial charge in [-0.25, -0.2) is 0 Å². The molecule has 1 aromatic heterocycles. The summed E-state index contributed by atoms with van der Waals surface area (Å²) in [6, 6.07) is 8.03. The van der Waals surface area contributed by atoms with Crippen LogP contribution in [0.15, 0.2) is 41.1 Å². The van der Waals surface area contributed by atoms with E-state index in [0.29, 0.717) is 5.92 Å². The van der Waals surface area contributed by atoms with E-state index in [1.165, 1.54) is 5.56 Å². The number of halogens is 1. The molecule has 1 aromatic carbocycles. The van der Waals surface area contributed by atoms with Gasteiger partial charge in [-0.2, -0.15) is 0 Å². The number of hydrogen-bond acceptors (Lipinski definition) is 3. The van der Waals surface area contributed by atoms with Gasteiger partial charge in [0, 0.05) is 17.1 Å². The SMILES string of the molecule is CCNc1cncc(Oc2ccc(Br)cc2C(C)C)c1. The molecule has 106 valence electrons. The Hall–Kier alpha value is -1.55. The number of hydrogen-bond donors (Lipinski definition) is 1. The van der Waals surface area contributed by atoms with Gasteiger partial charge in [-0.1, -0.05) is 29.8 Å². The van der Waals surface area contributed by atoms with Crippen LogP contribution in [0, 0.1) is 0 Å². The summed E-state index contributed by atoms with van der Waals surface area (Å²) in [6.07, 6.45) is 3.52. The summed E-state index contributed by atoms with van der Waals surface area (Å²) in [5, 5.41) is 3.23. The van der Waals surface area contributed by atoms with E-state index in [4.69, 9.17) is 4.74 Å². The maximum Gasteiger partial charge on any atom is 0.147 e. The molecular formula is C16H19BrN2O. The van der Waals surface area contributed by atoms with Gasteiger partial charge in [-0.3, -0.25) is 4.98 Å². The van der Waals surface area contributed by atoms with Gasteiger partial charge in [0.05, 0.1) is 18.1 Å². The third-order valence-corrected chi connectivity index (χ3v) is 3.41. The van der Waals surface area contributed by atoms with Crippen LogP contribution in [0.25, 0.3) is 0 Å². The molecule has 2 rings (SSSR count). The molecule has 2 aromatic rings. The smallest absolute Gasteiger partial charge is 0.147 e. The second-order valence-corrected chi connectivity index (χ2v) is 5.79. The lowest BCUT2D eigenvalue weighted by molar-refractivity contribution is 0.471. The van der Waals surface area contributed by atoms with Crippen molar-refractivity contribution in [1.82, 2.24) is 4.98 Å². The molecule has 0 saturated carbocycles. The van der Waals surface area contributed by atoms with Crippen molar-refractivity contribution >= 4 is 21.6 Å². The fraction of sp³-hybridized carbons (Fsp3) is 0.312.